The lowest BCUT2D eigenvalue weighted by atomic mass is 10.2. The van der Waals surface area contributed by atoms with Gasteiger partial charge >= 0.3 is 6.09 Å². The number of carbonyl (C=O) groups excluding carboxylic acids is 1. The van der Waals surface area contributed by atoms with Crippen LogP contribution in [0.2, 0.25) is 0 Å². The number of hydrogen-bond acceptors (Lipinski definition) is 3. The van der Waals surface area contributed by atoms with Crippen molar-refractivity contribution < 1.29 is 14.3 Å². The highest BCUT2D eigenvalue weighted by Crippen LogP contribution is 2.07. The van der Waals surface area contributed by atoms with Gasteiger partial charge in [0.25, 0.3) is 0 Å². The second kappa shape index (κ2) is 7.67. The molecule has 0 aromatic heterocycles. The van der Waals surface area contributed by atoms with E-state index in [1.807, 2.05) is 37.3 Å². The zero-order chi connectivity index (χ0) is 15.9. The van der Waals surface area contributed by atoms with Crippen LogP contribution in [0, 0.1) is 5.21 Å². The smallest absolute Gasteiger partial charge is 0.408 e. The first kappa shape index (κ1) is 17.0. The van der Waals surface area contributed by atoms with Gasteiger partial charge in [-0.15, -0.1) is 0 Å². The van der Waals surface area contributed by atoms with E-state index in [4.69, 9.17) is 4.74 Å². The SMILES string of the molecule is CC[C@@H](C=[N+]([O-])Cc1ccccc1)NC(=O)OC(C)(C)C. The number of carbonyl (C=O) groups is 1. The first-order valence-electron chi connectivity index (χ1n) is 7.12. The molecule has 5 heteroatoms. The van der Waals surface area contributed by atoms with Crippen LogP contribution in [0.1, 0.15) is 39.7 Å². The Bertz CT molecular complexity index is 478. The highest BCUT2D eigenvalue weighted by atomic mass is 16.6. The number of amides is 1. The van der Waals surface area contributed by atoms with Gasteiger partial charge in [-0.25, -0.2) is 9.53 Å². The molecule has 0 aliphatic carbocycles. The summed E-state index contributed by atoms with van der Waals surface area (Å²) in [4.78, 5) is 11.7. The Balaban J connectivity index is 2.59. The number of benzene rings is 1. The topological polar surface area (TPSA) is 64.4 Å². The van der Waals surface area contributed by atoms with Crippen LogP contribution in [0.15, 0.2) is 30.3 Å². The third kappa shape index (κ3) is 7.34. The molecule has 0 heterocycles. The molecule has 5 nitrogen and oxygen atoms in total. The van der Waals surface area contributed by atoms with Gasteiger partial charge in [0.2, 0.25) is 0 Å². The number of alkyl carbamates (subject to hydrolysis) is 1. The maximum Gasteiger partial charge on any atom is 0.408 e. The summed E-state index contributed by atoms with van der Waals surface area (Å²) in [6.07, 6.45) is 1.57. The average molecular weight is 292 g/mol. The molecule has 1 aromatic rings. The van der Waals surface area contributed by atoms with Crippen LogP contribution in [0.25, 0.3) is 0 Å². The van der Waals surface area contributed by atoms with Crippen LogP contribution in [-0.4, -0.2) is 28.7 Å². The molecule has 0 aliphatic rings. The van der Waals surface area contributed by atoms with Crippen molar-refractivity contribution in [3.63, 3.8) is 0 Å². The van der Waals surface area contributed by atoms with E-state index in [0.29, 0.717) is 6.42 Å². The van der Waals surface area contributed by atoms with Gasteiger partial charge in [0.05, 0.1) is 0 Å². The van der Waals surface area contributed by atoms with Gasteiger partial charge in [0.15, 0.2) is 12.8 Å². The van der Waals surface area contributed by atoms with E-state index in [9.17, 15) is 10.0 Å². The van der Waals surface area contributed by atoms with E-state index < -0.39 is 11.7 Å². The highest BCUT2D eigenvalue weighted by Gasteiger charge is 2.19. The average Bonchev–Trinajstić information content (AvgIpc) is 2.36. The van der Waals surface area contributed by atoms with Crippen molar-refractivity contribution in [2.45, 2.75) is 52.3 Å². The first-order valence-corrected chi connectivity index (χ1v) is 7.12. The second-order valence-corrected chi connectivity index (χ2v) is 5.87. The van der Waals surface area contributed by atoms with Crippen molar-refractivity contribution in [2.24, 2.45) is 0 Å². The molecule has 1 N–H and O–H groups in total. The third-order valence-corrected chi connectivity index (χ3v) is 2.67. The van der Waals surface area contributed by atoms with Gasteiger partial charge in [0, 0.05) is 5.56 Å². The van der Waals surface area contributed by atoms with E-state index in [0.717, 1.165) is 10.3 Å². The Labute approximate surface area is 126 Å². The lowest BCUT2D eigenvalue weighted by Gasteiger charge is -2.21. The lowest BCUT2D eigenvalue weighted by molar-refractivity contribution is -0.471. The molecule has 0 saturated carbocycles. The maximum absolute atomic E-state index is 11.9. The monoisotopic (exact) mass is 292 g/mol. The molecule has 0 aliphatic heterocycles. The molecule has 0 saturated heterocycles. The van der Waals surface area contributed by atoms with Crippen LogP contribution in [-0.2, 0) is 11.3 Å². The predicted octanol–water partition coefficient (Wildman–Crippen LogP) is 3.07. The van der Waals surface area contributed by atoms with E-state index in [1.165, 1.54) is 6.21 Å². The molecule has 0 unspecified atom stereocenters. The van der Waals surface area contributed by atoms with Gasteiger partial charge in [-0.2, -0.15) is 0 Å². The Kier molecular flexibility index (Phi) is 6.21. The molecule has 0 spiro atoms. The summed E-state index contributed by atoms with van der Waals surface area (Å²) in [6, 6.07) is 9.11. The fraction of sp³-hybridized carbons (Fsp3) is 0.500. The van der Waals surface area contributed by atoms with Crippen LogP contribution in [0.5, 0.6) is 0 Å². The zero-order valence-electron chi connectivity index (χ0n) is 13.1. The van der Waals surface area contributed by atoms with Gasteiger partial charge in [-0.05, 0) is 27.2 Å². The van der Waals surface area contributed by atoms with Crippen molar-refractivity contribution in [3.05, 3.63) is 41.1 Å². The molecule has 0 fully saturated rings. The fourth-order valence-corrected chi connectivity index (χ4v) is 1.72. The summed E-state index contributed by atoms with van der Waals surface area (Å²) in [5.74, 6) is 0. The number of ether oxygens (including phenoxy) is 1. The van der Waals surface area contributed by atoms with E-state index in [2.05, 4.69) is 5.32 Å². The van der Waals surface area contributed by atoms with Crippen LogP contribution >= 0.6 is 0 Å². The number of nitrogens with one attached hydrogen (secondary N) is 1. The van der Waals surface area contributed by atoms with Crippen LogP contribution in [0.3, 0.4) is 0 Å². The number of rotatable bonds is 5. The van der Waals surface area contributed by atoms with Gasteiger partial charge < -0.3 is 15.3 Å². The van der Waals surface area contributed by atoms with Gasteiger partial charge in [-0.3, -0.25) is 0 Å². The quantitative estimate of drug-likeness (QED) is 0.392. The van der Waals surface area contributed by atoms with Gasteiger partial charge in [0.1, 0.15) is 11.6 Å². The minimum atomic E-state index is -0.552. The maximum atomic E-state index is 11.9. The molecule has 0 bridgehead atoms. The van der Waals surface area contributed by atoms with Crippen molar-refractivity contribution >= 4 is 12.3 Å². The van der Waals surface area contributed by atoms with Crippen molar-refractivity contribution in [1.82, 2.24) is 5.32 Å². The van der Waals surface area contributed by atoms with Crippen molar-refractivity contribution in [1.29, 1.82) is 0 Å². The highest BCUT2D eigenvalue weighted by molar-refractivity contribution is 5.73. The molecule has 1 rings (SSSR count). The summed E-state index contributed by atoms with van der Waals surface area (Å²) >= 11 is 0. The molecule has 21 heavy (non-hydrogen) atoms. The van der Waals surface area contributed by atoms with Gasteiger partial charge in [-0.1, -0.05) is 37.3 Å². The van der Waals surface area contributed by atoms with Crippen LogP contribution in [0.4, 0.5) is 4.79 Å². The number of nitrogens with zero attached hydrogens (tertiary/aromatic N) is 1. The molecule has 0 radical (unpaired) electrons. The molecular formula is C16H24N2O3. The van der Waals surface area contributed by atoms with Crippen molar-refractivity contribution in [2.75, 3.05) is 0 Å². The summed E-state index contributed by atoms with van der Waals surface area (Å²) in [6.45, 7) is 7.55. The molecular weight excluding hydrogens is 268 g/mol. The summed E-state index contributed by atoms with van der Waals surface area (Å²) in [5, 5.41) is 14.6. The fourth-order valence-electron chi connectivity index (χ4n) is 1.72. The Morgan fingerprint density at radius 1 is 1.38 bits per heavy atom. The summed E-state index contributed by atoms with van der Waals surface area (Å²) in [5.41, 5.74) is 0.375. The normalized spacial score (nSPS) is 13.6. The Morgan fingerprint density at radius 3 is 2.52 bits per heavy atom. The Morgan fingerprint density at radius 2 is 2.00 bits per heavy atom. The van der Waals surface area contributed by atoms with Crippen molar-refractivity contribution in [3.8, 4) is 0 Å². The molecule has 1 aromatic carbocycles. The van der Waals surface area contributed by atoms with Crippen LogP contribution < -0.4 is 5.32 Å². The number of hydroxylamine groups is 1. The minimum absolute atomic E-state index is 0.257. The zero-order valence-corrected chi connectivity index (χ0v) is 13.1. The molecule has 1 amide bonds. The van der Waals surface area contributed by atoms with E-state index >= 15 is 0 Å². The predicted molar refractivity (Wildman–Crippen MR) is 83.3 cm³/mol. The summed E-state index contributed by atoms with van der Waals surface area (Å²) < 4.78 is 6.01. The number of hydrogen-bond donors (Lipinski definition) is 1. The Hall–Kier alpha value is -2.04. The molecule has 1 atom stereocenters. The standard InChI is InChI=1S/C16H24N2O3/c1-5-14(17-15(19)21-16(2,3)4)12-18(20)11-13-9-7-6-8-10-13/h6-10,12,14H,5,11H2,1-4H3,(H,17,19)/t14-/m0/s1. The lowest BCUT2D eigenvalue weighted by Crippen LogP contribution is -2.40. The molecule has 116 valence electrons. The first-order chi connectivity index (χ1) is 9.80. The summed E-state index contributed by atoms with van der Waals surface area (Å²) in [7, 11) is 0. The minimum Gasteiger partial charge on any atom is -0.624 e. The van der Waals surface area contributed by atoms with E-state index in [1.54, 1.807) is 20.8 Å². The third-order valence-electron chi connectivity index (χ3n) is 2.67. The second-order valence-electron chi connectivity index (χ2n) is 5.87. The largest absolute Gasteiger partial charge is 0.624 e. The van der Waals surface area contributed by atoms with E-state index in [-0.39, 0.29) is 12.6 Å².